The van der Waals surface area contributed by atoms with Crippen molar-refractivity contribution >= 4 is 33.2 Å². The predicted molar refractivity (Wildman–Crippen MR) is 71.1 cm³/mol. The lowest BCUT2D eigenvalue weighted by Gasteiger charge is -2.03. The number of aromatic nitrogens is 2. The largest absolute Gasteiger partial charge is 0.346 e. The van der Waals surface area contributed by atoms with Gasteiger partial charge in [0.25, 0.3) is 5.91 Å². The van der Waals surface area contributed by atoms with Crippen molar-refractivity contribution in [3.63, 3.8) is 0 Å². The molecule has 4 nitrogen and oxygen atoms in total. The van der Waals surface area contributed by atoms with Crippen LogP contribution in [0.3, 0.4) is 0 Å². The van der Waals surface area contributed by atoms with Crippen LogP contribution in [0.4, 0.5) is 0 Å². The van der Waals surface area contributed by atoms with Crippen LogP contribution in [-0.4, -0.2) is 15.7 Å². The van der Waals surface area contributed by atoms with Gasteiger partial charge in [-0.1, -0.05) is 0 Å². The van der Waals surface area contributed by atoms with E-state index in [-0.39, 0.29) is 5.91 Å². The van der Waals surface area contributed by atoms with E-state index < -0.39 is 0 Å². The number of halogens is 1. The van der Waals surface area contributed by atoms with Crippen LogP contribution in [0.1, 0.15) is 21.1 Å². The van der Waals surface area contributed by atoms with Crippen molar-refractivity contribution in [3.8, 4) is 0 Å². The van der Waals surface area contributed by atoms with E-state index in [0.717, 1.165) is 15.0 Å². The lowest BCUT2D eigenvalue weighted by Crippen LogP contribution is -2.24. The van der Waals surface area contributed by atoms with Gasteiger partial charge in [-0.05, 0) is 35.0 Å². The minimum atomic E-state index is -0.0994. The first-order valence-electron chi connectivity index (χ1n) is 5.08. The molecular weight excluding hydrogens is 302 g/mol. The summed E-state index contributed by atoms with van der Waals surface area (Å²) in [5.74, 6) is -0.0994. The molecule has 0 spiro atoms. The Balaban J connectivity index is 2.00. The summed E-state index contributed by atoms with van der Waals surface area (Å²) < 4.78 is 2.64. The van der Waals surface area contributed by atoms with Crippen molar-refractivity contribution < 1.29 is 4.79 Å². The summed E-state index contributed by atoms with van der Waals surface area (Å²) in [4.78, 5) is 13.0. The number of carbonyl (C=O) groups excluding carboxylic acids is 1. The van der Waals surface area contributed by atoms with Gasteiger partial charge >= 0.3 is 0 Å². The molecule has 1 N–H and O–H groups in total. The first kappa shape index (κ1) is 12.3. The number of hydrogen-bond donors (Lipinski definition) is 1. The van der Waals surface area contributed by atoms with Crippen LogP contribution >= 0.6 is 27.3 Å². The van der Waals surface area contributed by atoms with E-state index in [2.05, 4.69) is 26.3 Å². The molecule has 0 saturated heterocycles. The van der Waals surface area contributed by atoms with Gasteiger partial charge < -0.3 is 5.32 Å². The maximum atomic E-state index is 11.9. The zero-order chi connectivity index (χ0) is 12.4. The van der Waals surface area contributed by atoms with Gasteiger partial charge in [0.2, 0.25) is 0 Å². The molecule has 2 aromatic heterocycles. The smallest absolute Gasteiger partial charge is 0.269 e. The summed E-state index contributed by atoms with van der Waals surface area (Å²) in [6.07, 6.45) is 0. The SMILES string of the molecule is Cc1cc(C(=O)NCc2cc(Br)cs2)n(C)n1. The number of nitrogens with zero attached hydrogens (tertiary/aromatic N) is 2. The predicted octanol–water partition coefficient (Wildman–Crippen LogP) is 2.48. The third kappa shape index (κ3) is 2.95. The van der Waals surface area contributed by atoms with E-state index in [1.807, 2.05) is 18.4 Å². The first-order valence-corrected chi connectivity index (χ1v) is 6.75. The molecule has 0 aromatic carbocycles. The van der Waals surface area contributed by atoms with Crippen LogP contribution in [-0.2, 0) is 13.6 Å². The second-order valence-electron chi connectivity index (χ2n) is 3.71. The summed E-state index contributed by atoms with van der Waals surface area (Å²) in [6.45, 7) is 2.41. The fourth-order valence-electron chi connectivity index (χ4n) is 1.53. The van der Waals surface area contributed by atoms with Gasteiger partial charge in [0, 0.05) is 21.8 Å². The van der Waals surface area contributed by atoms with Crippen molar-refractivity contribution in [2.45, 2.75) is 13.5 Å². The normalized spacial score (nSPS) is 10.5. The van der Waals surface area contributed by atoms with E-state index in [0.29, 0.717) is 12.2 Å². The Morgan fingerprint density at radius 1 is 1.59 bits per heavy atom. The van der Waals surface area contributed by atoms with E-state index in [1.165, 1.54) is 0 Å². The van der Waals surface area contributed by atoms with Gasteiger partial charge in [0.1, 0.15) is 5.69 Å². The first-order chi connectivity index (χ1) is 8.06. The molecule has 2 rings (SSSR count). The maximum Gasteiger partial charge on any atom is 0.269 e. The van der Waals surface area contributed by atoms with Crippen LogP contribution in [0.25, 0.3) is 0 Å². The average Bonchev–Trinajstić information content (AvgIpc) is 2.81. The van der Waals surface area contributed by atoms with Crippen molar-refractivity contribution in [2.75, 3.05) is 0 Å². The highest BCUT2D eigenvalue weighted by Crippen LogP contribution is 2.19. The standard InChI is InChI=1S/C11H12BrN3OS/c1-7-3-10(15(2)14-7)11(16)13-5-9-4-8(12)6-17-9/h3-4,6H,5H2,1-2H3,(H,13,16). The Hall–Kier alpha value is -1.14. The third-order valence-corrected chi connectivity index (χ3v) is 3.98. The maximum absolute atomic E-state index is 11.9. The van der Waals surface area contributed by atoms with Crippen molar-refractivity contribution in [3.05, 3.63) is 38.3 Å². The average molecular weight is 314 g/mol. The topological polar surface area (TPSA) is 46.9 Å². The Labute approximate surface area is 112 Å². The number of rotatable bonds is 3. The molecule has 0 fully saturated rings. The molecule has 2 heterocycles. The molecule has 6 heteroatoms. The molecule has 0 radical (unpaired) electrons. The van der Waals surface area contributed by atoms with Crippen LogP contribution < -0.4 is 5.32 Å². The zero-order valence-electron chi connectivity index (χ0n) is 9.53. The molecule has 90 valence electrons. The number of nitrogens with one attached hydrogen (secondary N) is 1. The Morgan fingerprint density at radius 3 is 2.88 bits per heavy atom. The summed E-state index contributed by atoms with van der Waals surface area (Å²) in [7, 11) is 1.77. The minimum Gasteiger partial charge on any atom is -0.346 e. The number of hydrogen-bond acceptors (Lipinski definition) is 3. The zero-order valence-corrected chi connectivity index (χ0v) is 11.9. The highest BCUT2D eigenvalue weighted by molar-refractivity contribution is 9.10. The minimum absolute atomic E-state index is 0.0994. The summed E-state index contributed by atoms with van der Waals surface area (Å²) in [6, 6.07) is 3.78. The van der Waals surface area contributed by atoms with Gasteiger partial charge in [0.15, 0.2) is 0 Å². The molecule has 17 heavy (non-hydrogen) atoms. The van der Waals surface area contributed by atoms with Gasteiger partial charge in [0.05, 0.1) is 12.2 Å². The van der Waals surface area contributed by atoms with Gasteiger partial charge in [-0.25, -0.2) is 0 Å². The molecule has 0 aliphatic carbocycles. The molecule has 0 aliphatic rings. The van der Waals surface area contributed by atoms with Crippen molar-refractivity contribution in [1.29, 1.82) is 0 Å². The van der Waals surface area contributed by atoms with Crippen molar-refractivity contribution in [2.24, 2.45) is 7.05 Å². The lowest BCUT2D eigenvalue weighted by atomic mass is 10.3. The Bertz CT molecular complexity index is 547. The molecule has 1 amide bonds. The second-order valence-corrected chi connectivity index (χ2v) is 5.62. The van der Waals surface area contributed by atoms with Crippen LogP contribution in [0.2, 0.25) is 0 Å². The summed E-state index contributed by atoms with van der Waals surface area (Å²) in [5, 5.41) is 9.01. The summed E-state index contributed by atoms with van der Waals surface area (Å²) >= 11 is 4.99. The quantitative estimate of drug-likeness (QED) is 0.946. The molecule has 0 aliphatic heterocycles. The molecule has 0 atom stereocenters. The molecule has 0 saturated carbocycles. The van der Waals surface area contributed by atoms with E-state index in [9.17, 15) is 4.79 Å². The van der Waals surface area contributed by atoms with Gasteiger partial charge in [-0.3, -0.25) is 9.48 Å². The Kier molecular flexibility index (Phi) is 3.63. The Morgan fingerprint density at radius 2 is 2.35 bits per heavy atom. The van der Waals surface area contributed by atoms with Crippen LogP contribution in [0, 0.1) is 6.92 Å². The molecule has 0 bridgehead atoms. The lowest BCUT2D eigenvalue weighted by molar-refractivity contribution is 0.0942. The highest BCUT2D eigenvalue weighted by Gasteiger charge is 2.11. The summed E-state index contributed by atoms with van der Waals surface area (Å²) in [5.41, 5.74) is 1.43. The number of amides is 1. The third-order valence-electron chi connectivity index (χ3n) is 2.28. The fourth-order valence-corrected chi connectivity index (χ4v) is 2.92. The van der Waals surface area contributed by atoms with Gasteiger partial charge in [-0.2, -0.15) is 5.10 Å². The van der Waals surface area contributed by atoms with E-state index >= 15 is 0 Å². The van der Waals surface area contributed by atoms with E-state index in [4.69, 9.17) is 0 Å². The molecule has 0 unspecified atom stereocenters. The number of carbonyl (C=O) groups is 1. The second kappa shape index (κ2) is 5.01. The number of aryl methyl sites for hydroxylation is 2. The van der Waals surface area contributed by atoms with Crippen LogP contribution in [0.15, 0.2) is 22.0 Å². The number of thiophene rings is 1. The monoisotopic (exact) mass is 313 g/mol. The fraction of sp³-hybridized carbons (Fsp3) is 0.273. The highest BCUT2D eigenvalue weighted by atomic mass is 79.9. The molecular formula is C11H12BrN3OS. The van der Waals surface area contributed by atoms with Gasteiger partial charge in [-0.15, -0.1) is 11.3 Å². The molecule has 2 aromatic rings. The van der Waals surface area contributed by atoms with Crippen LogP contribution in [0.5, 0.6) is 0 Å². The van der Waals surface area contributed by atoms with E-state index in [1.54, 1.807) is 29.1 Å². The van der Waals surface area contributed by atoms with Crippen molar-refractivity contribution in [1.82, 2.24) is 15.1 Å².